The Labute approximate surface area is 68.0 Å². The second-order valence-electron chi connectivity index (χ2n) is 3.89. The van der Waals surface area contributed by atoms with Gasteiger partial charge in [0.15, 0.2) is 0 Å². The van der Waals surface area contributed by atoms with E-state index in [0.29, 0.717) is 5.92 Å². The molecule has 1 saturated carbocycles. The van der Waals surface area contributed by atoms with Crippen molar-refractivity contribution in [2.75, 3.05) is 0 Å². The van der Waals surface area contributed by atoms with E-state index in [1.807, 2.05) is 0 Å². The van der Waals surface area contributed by atoms with Crippen LogP contribution in [-0.2, 0) is 0 Å². The lowest BCUT2D eigenvalue weighted by Gasteiger charge is -2.16. The molecule has 0 aromatic carbocycles. The SMILES string of the molecule is CC1C=CC(C2(N)CC2)=CC1. The Bertz CT molecular complexity index is 221. The summed E-state index contributed by atoms with van der Waals surface area (Å²) < 4.78 is 0. The Morgan fingerprint density at radius 2 is 2.27 bits per heavy atom. The zero-order valence-electron chi connectivity index (χ0n) is 7.01. The van der Waals surface area contributed by atoms with Gasteiger partial charge in [-0.15, -0.1) is 0 Å². The molecule has 2 aliphatic rings. The molecule has 1 unspecified atom stereocenters. The van der Waals surface area contributed by atoms with Gasteiger partial charge in [0.2, 0.25) is 0 Å². The van der Waals surface area contributed by atoms with Crippen LogP contribution in [0.2, 0.25) is 0 Å². The maximum absolute atomic E-state index is 6.05. The molecule has 2 aliphatic carbocycles. The van der Waals surface area contributed by atoms with E-state index < -0.39 is 0 Å². The third-order valence-electron chi connectivity index (χ3n) is 2.68. The molecule has 0 aromatic heterocycles. The van der Waals surface area contributed by atoms with Crippen molar-refractivity contribution in [2.45, 2.75) is 31.7 Å². The number of nitrogens with two attached hydrogens (primary N) is 1. The highest BCUT2D eigenvalue weighted by molar-refractivity contribution is 5.38. The molecule has 60 valence electrons. The molecule has 2 N–H and O–H groups in total. The first-order chi connectivity index (χ1) is 5.21. The van der Waals surface area contributed by atoms with Gasteiger partial charge in [-0.05, 0) is 30.8 Å². The van der Waals surface area contributed by atoms with Crippen molar-refractivity contribution in [1.82, 2.24) is 0 Å². The minimum Gasteiger partial charge on any atom is -0.321 e. The standard InChI is InChI=1S/C10H15N/c1-8-2-4-9(5-3-8)10(11)6-7-10/h2,4-5,8H,3,6-7,11H2,1H3. The van der Waals surface area contributed by atoms with Crippen LogP contribution in [0.25, 0.3) is 0 Å². The summed E-state index contributed by atoms with van der Waals surface area (Å²) in [5, 5.41) is 0. The van der Waals surface area contributed by atoms with Crippen molar-refractivity contribution in [3.05, 3.63) is 23.8 Å². The molecule has 1 fully saturated rings. The molecule has 0 spiro atoms. The number of allylic oxidation sites excluding steroid dienone is 2. The van der Waals surface area contributed by atoms with E-state index in [1.54, 1.807) is 0 Å². The largest absolute Gasteiger partial charge is 0.321 e. The molecule has 0 bridgehead atoms. The maximum Gasteiger partial charge on any atom is 0.0407 e. The van der Waals surface area contributed by atoms with Crippen molar-refractivity contribution < 1.29 is 0 Å². The summed E-state index contributed by atoms with van der Waals surface area (Å²) >= 11 is 0. The molecule has 1 heteroatoms. The van der Waals surface area contributed by atoms with Crippen molar-refractivity contribution in [3.8, 4) is 0 Å². The topological polar surface area (TPSA) is 26.0 Å². The highest BCUT2D eigenvalue weighted by Gasteiger charge is 2.40. The highest BCUT2D eigenvalue weighted by atomic mass is 14.8. The van der Waals surface area contributed by atoms with Crippen LogP contribution in [0.5, 0.6) is 0 Å². The lowest BCUT2D eigenvalue weighted by atomic mass is 9.93. The van der Waals surface area contributed by atoms with E-state index in [9.17, 15) is 0 Å². The number of hydrogen-bond donors (Lipinski definition) is 1. The average Bonchev–Trinajstić information content (AvgIpc) is 2.70. The molecule has 0 heterocycles. The third-order valence-corrected chi connectivity index (χ3v) is 2.68. The third kappa shape index (κ3) is 1.25. The van der Waals surface area contributed by atoms with Gasteiger partial charge in [0.1, 0.15) is 0 Å². The fraction of sp³-hybridized carbons (Fsp3) is 0.600. The van der Waals surface area contributed by atoms with Gasteiger partial charge in [0.05, 0.1) is 0 Å². The zero-order chi connectivity index (χ0) is 7.90. The lowest BCUT2D eigenvalue weighted by Crippen LogP contribution is -2.24. The van der Waals surface area contributed by atoms with Crippen LogP contribution in [0.1, 0.15) is 26.2 Å². The van der Waals surface area contributed by atoms with Gasteiger partial charge in [-0.1, -0.05) is 25.2 Å². The number of hydrogen-bond acceptors (Lipinski definition) is 1. The normalized spacial score (nSPS) is 33.3. The molecule has 0 amide bonds. The van der Waals surface area contributed by atoms with E-state index in [4.69, 9.17) is 5.73 Å². The maximum atomic E-state index is 6.05. The Morgan fingerprint density at radius 1 is 1.55 bits per heavy atom. The monoisotopic (exact) mass is 149 g/mol. The van der Waals surface area contributed by atoms with Crippen LogP contribution in [-0.4, -0.2) is 5.54 Å². The van der Waals surface area contributed by atoms with E-state index >= 15 is 0 Å². The van der Waals surface area contributed by atoms with Gasteiger partial charge in [-0.2, -0.15) is 0 Å². The Morgan fingerprint density at radius 3 is 2.73 bits per heavy atom. The van der Waals surface area contributed by atoms with E-state index in [0.717, 1.165) is 0 Å². The predicted octanol–water partition coefficient (Wildman–Crippen LogP) is 2.00. The Hall–Kier alpha value is -0.560. The van der Waals surface area contributed by atoms with Crippen LogP contribution in [0, 0.1) is 5.92 Å². The van der Waals surface area contributed by atoms with Crippen LogP contribution in [0.15, 0.2) is 23.8 Å². The van der Waals surface area contributed by atoms with Gasteiger partial charge in [0, 0.05) is 5.54 Å². The molecule has 0 radical (unpaired) electrons. The van der Waals surface area contributed by atoms with Crippen molar-refractivity contribution in [3.63, 3.8) is 0 Å². The quantitative estimate of drug-likeness (QED) is 0.606. The predicted molar refractivity (Wildman–Crippen MR) is 47.2 cm³/mol. The summed E-state index contributed by atoms with van der Waals surface area (Å²) in [5.41, 5.74) is 7.50. The summed E-state index contributed by atoms with van der Waals surface area (Å²) in [6, 6.07) is 0. The minimum absolute atomic E-state index is 0.0800. The Balaban J connectivity index is 2.12. The molecule has 1 atom stereocenters. The molecule has 11 heavy (non-hydrogen) atoms. The fourth-order valence-electron chi connectivity index (χ4n) is 1.52. The second-order valence-corrected chi connectivity index (χ2v) is 3.89. The molecule has 2 rings (SSSR count). The highest BCUT2D eigenvalue weighted by Crippen LogP contribution is 2.41. The first-order valence-electron chi connectivity index (χ1n) is 4.38. The summed E-state index contributed by atoms with van der Waals surface area (Å²) in [6.07, 6.45) is 10.3. The van der Waals surface area contributed by atoms with E-state index in [-0.39, 0.29) is 5.54 Å². The minimum atomic E-state index is 0.0800. The van der Waals surface area contributed by atoms with Crippen LogP contribution in [0.4, 0.5) is 0 Å². The van der Waals surface area contributed by atoms with Crippen LogP contribution < -0.4 is 5.73 Å². The first kappa shape index (κ1) is 7.11. The first-order valence-corrected chi connectivity index (χ1v) is 4.38. The summed E-state index contributed by atoms with van der Waals surface area (Å²) in [5.74, 6) is 0.709. The zero-order valence-corrected chi connectivity index (χ0v) is 7.01. The van der Waals surface area contributed by atoms with Gasteiger partial charge in [-0.25, -0.2) is 0 Å². The van der Waals surface area contributed by atoms with Crippen LogP contribution >= 0.6 is 0 Å². The van der Waals surface area contributed by atoms with E-state index in [1.165, 1.54) is 24.8 Å². The van der Waals surface area contributed by atoms with Gasteiger partial charge in [0.25, 0.3) is 0 Å². The molecule has 0 saturated heterocycles. The van der Waals surface area contributed by atoms with Gasteiger partial charge >= 0.3 is 0 Å². The average molecular weight is 149 g/mol. The van der Waals surface area contributed by atoms with Crippen molar-refractivity contribution >= 4 is 0 Å². The number of rotatable bonds is 1. The molecular formula is C10H15N. The summed E-state index contributed by atoms with van der Waals surface area (Å²) in [7, 11) is 0. The second kappa shape index (κ2) is 2.21. The van der Waals surface area contributed by atoms with Gasteiger partial charge < -0.3 is 5.73 Å². The summed E-state index contributed by atoms with van der Waals surface area (Å²) in [4.78, 5) is 0. The summed E-state index contributed by atoms with van der Waals surface area (Å²) in [6.45, 7) is 2.24. The van der Waals surface area contributed by atoms with Gasteiger partial charge in [-0.3, -0.25) is 0 Å². The van der Waals surface area contributed by atoms with Crippen molar-refractivity contribution in [2.24, 2.45) is 11.7 Å². The smallest absolute Gasteiger partial charge is 0.0407 e. The molecular weight excluding hydrogens is 134 g/mol. The Kier molecular flexibility index (Phi) is 1.43. The lowest BCUT2D eigenvalue weighted by molar-refractivity contribution is 0.705. The van der Waals surface area contributed by atoms with E-state index in [2.05, 4.69) is 25.2 Å². The van der Waals surface area contributed by atoms with Crippen LogP contribution in [0.3, 0.4) is 0 Å². The van der Waals surface area contributed by atoms with Crippen molar-refractivity contribution in [1.29, 1.82) is 0 Å². The fourth-order valence-corrected chi connectivity index (χ4v) is 1.52. The molecule has 0 aromatic rings. The molecule has 0 aliphatic heterocycles. The molecule has 1 nitrogen and oxygen atoms in total.